The van der Waals surface area contributed by atoms with Crippen LogP contribution in [0.25, 0.3) is 0 Å². The van der Waals surface area contributed by atoms with Crippen LogP contribution in [0.5, 0.6) is 5.75 Å². The van der Waals surface area contributed by atoms with Gasteiger partial charge < -0.3 is 20.5 Å². The van der Waals surface area contributed by atoms with Gasteiger partial charge in [0, 0.05) is 12.2 Å². The monoisotopic (exact) mass is 280 g/mol. The number of anilines is 1. The molecule has 102 valence electrons. The summed E-state index contributed by atoms with van der Waals surface area (Å²) < 4.78 is 10.4. The lowest BCUT2D eigenvalue weighted by molar-refractivity contribution is -0.119. The summed E-state index contributed by atoms with van der Waals surface area (Å²) in [4.78, 5) is 12.3. The van der Waals surface area contributed by atoms with Gasteiger partial charge >= 0.3 is 0 Å². The normalized spacial score (nSPS) is 18.1. The van der Waals surface area contributed by atoms with Gasteiger partial charge in [-0.2, -0.15) is 0 Å². The highest BCUT2D eigenvalue weighted by molar-refractivity contribution is 7.80. The Balaban J connectivity index is 2.26. The van der Waals surface area contributed by atoms with Crippen molar-refractivity contribution < 1.29 is 14.3 Å². The lowest BCUT2D eigenvalue weighted by atomic mass is 10.1. The molecular formula is C13H16N2O3S. The fourth-order valence-corrected chi connectivity index (χ4v) is 2.17. The van der Waals surface area contributed by atoms with Crippen molar-refractivity contribution >= 4 is 28.8 Å². The first kappa shape index (κ1) is 13.8. The van der Waals surface area contributed by atoms with Crippen LogP contribution in [0.2, 0.25) is 0 Å². The molecule has 3 N–H and O–H groups in total. The molecule has 1 heterocycles. The summed E-state index contributed by atoms with van der Waals surface area (Å²) in [6.07, 6.45) is 0.726. The molecule has 0 aromatic heterocycles. The summed E-state index contributed by atoms with van der Waals surface area (Å²) in [6.45, 7) is 1.07. The van der Waals surface area contributed by atoms with Crippen LogP contribution in [-0.2, 0) is 9.53 Å². The van der Waals surface area contributed by atoms with Gasteiger partial charge in [-0.25, -0.2) is 0 Å². The van der Waals surface area contributed by atoms with E-state index in [1.807, 2.05) is 0 Å². The van der Waals surface area contributed by atoms with Crippen molar-refractivity contribution in [2.75, 3.05) is 25.6 Å². The first-order chi connectivity index (χ1) is 9.13. The van der Waals surface area contributed by atoms with Crippen molar-refractivity contribution in [2.45, 2.75) is 6.42 Å². The fourth-order valence-electron chi connectivity index (χ4n) is 2.00. The molecule has 0 spiro atoms. The molecule has 1 amide bonds. The van der Waals surface area contributed by atoms with Crippen LogP contribution in [0.3, 0.4) is 0 Å². The van der Waals surface area contributed by atoms with E-state index in [9.17, 15) is 4.79 Å². The number of hydrogen-bond donors (Lipinski definition) is 2. The Bertz CT molecular complexity index is 499. The second kappa shape index (κ2) is 5.99. The van der Waals surface area contributed by atoms with Crippen LogP contribution in [0.15, 0.2) is 18.2 Å². The van der Waals surface area contributed by atoms with Crippen molar-refractivity contribution in [2.24, 2.45) is 11.7 Å². The molecule has 19 heavy (non-hydrogen) atoms. The Morgan fingerprint density at radius 2 is 2.37 bits per heavy atom. The second-order valence-electron chi connectivity index (χ2n) is 4.30. The summed E-state index contributed by atoms with van der Waals surface area (Å²) in [5.74, 6) is 0.307. The molecule has 0 bridgehead atoms. The molecule has 1 fully saturated rings. The SMILES string of the molecule is COc1cccc(C(N)=S)c1NC(=O)C1CCOC1. The van der Waals surface area contributed by atoms with Gasteiger partial charge in [0.1, 0.15) is 10.7 Å². The zero-order chi connectivity index (χ0) is 13.8. The number of ether oxygens (including phenoxy) is 2. The molecule has 0 aliphatic carbocycles. The largest absolute Gasteiger partial charge is 0.495 e. The maximum Gasteiger partial charge on any atom is 0.230 e. The number of benzene rings is 1. The Morgan fingerprint density at radius 1 is 1.58 bits per heavy atom. The van der Waals surface area contributed by atoms with Gasteiger partial charge in [-0.1, -0.05) is 18.3 Å². The maximum atomic E-state index is 12.1. The predicted molar refractivity (Wildman–Crippen MR) is 76.4 cm³/mol. The van der Waals surface area contributed by atoms with E-state index in [4.69, 9.17) is 27.4 Å². The van der Waals surface area contributed by atoms with Crippen molar-refractivity contribution in [3.05, 3.63) is 23.8 Å². The zero-order valence-corrected chi connectivity index (χ0v) is 11.5. The smallest absolute Gasteiger partial charge is 0.230 e. The molecule has 1 aliphatic rings. The van der Waals surface area contributed by atoms with Gasteiger partial charge in [0.25, 0.3) is 0 Å². The van der Waals surface area contributed by atoms with Gasteiger partial charge in [-0.3, -0.25) is 4.79 Å². The van der Waals surface area contributed by atoms with Crippen LogP contribution in [-0.4, -0.2) is 31.2 Å². The van der Waals surface area contributed by atoms with Crippen molar-refractivity contribution in [3.63, 3.8) is 0 Å². The van der Waals surface area contributed by atoms with Gasteiger partial charge in [0.2, 0.25) is 5.91 Å². The summed E-state index contributed by atoms with van der Waals surface area (Å²) in [5, 5.41) is 2.84. The molecule has 6 heteroatoms. The molecule has 1 aliphatic heterocycles. The highest BCUT2D eigenvalue weighted by Crippen LogP contribution is 2.29. The standard InChI is InChI=1S/C13H16N2O3S/c1-17-10-4-2-3-9(12(14)19)11(10)15-13(16)8-5-6-18-7-8/h2-4,8H,5-7H2,1H3,(H2,14,19)(H,15,16). The van der Waals surface area contributed by atoms with E-state index in [0.29, 0.717) is 30.2 Å². The first-order valence-electron chi connectivity index (χ1n) is 5.99. The molecule has 1 aromatic carbocycles. The minimum atomic E-state index is -0.135. The quantitative estimate of drug-likeness (QED) is 0.813. The topological polar surface area (TPSA) is 73.6 Å². The predicted octanol–water partition coefficient (Wildman–Crippen LogP) is 1.30. The second-order valence-corrected chi connectivity index (χ2v) is 4.74. The van der Waals surface area contributed by atoms with E-state index >= 15 is 0 Å². The first-order valence-corrected chi connectivity index (χ1v) is 6.39. The molecule has 1 unspecified atom stereocenters. The van der Waals surface area contributed by atoms with Gasteiger partial charge in [0.15, 0.2) is 0 Å². The molecule has 1 atom stereocenters. The van der Waals surface area contributed by atoms with E-state index in [1.54, 1.807) is 18.2 Å². The summed E-state index contributed by atoms with van der Waals surface area (Å²) in [7, 11) is 1.53. The number of carbonyl (C=O) groups is 1. The third-order valence-electron chi connectivity index (χ3n) is 3.06. The van der Waals surface area contributed by atoms with Crippen LogP contribution in [0.1, 0.15) is 12.0 Å². The van der Waals surface area contributed by atoms with Gasteiger partial charge in [-0.15, -0.1) is 0 Å². The molecule has 1 aromatic rings. The van der Waals surface area contributed by atoms with E-state index in [0.717, 1.165) is 6.42 Å². The number of nitrogens with one attached hydrogen (secondary N) is 1. The number of carbonyl (C=O) groups excluding carboxylic acids is 1. The Hall–Kier alpha value is -1.66. The van der Waals surface area contributed by atoms with Crippen molar-refractivity contribution in [3.8, 4) is 5.75 Å². The van der Waals surface area contributed by atoms with Crippen molar-refractivity contribution in [1.82, 2.24) is 0 Å². The number of nitrogens with two attached hydrogens (primary N) is 1. The molecule has 0 radical (unpaired) electrons. The number of thiocarbonyl (C=S) groups is 1. The maximum absolute atomic E-state index is 12.1. The molecule has 1 saturated heterocycles. The van der Waals surface area contributed by atoms with E-state index < -0.39 is 0 Å². The number of rotatable bonds is 4. The van der Waals surface area contributed by atoms with Crippen LogP contribution in [0, 0.1) is 5.92 Å². The summed E-state index contributed by atoms with van der Waals surface area (Å²) >= 11 is 4.99. The summed E-state index contributed by atoms with van der Waals surface area (Å²) in [6, 6.07) is 5.29. The number of methoxy groups -OCH3 is 1. The minimum absolute atomic E-state index is 0.0977. The van der Waals surface area contributed by atoms with Gasteiger partial charge in [0.05, 0.1) is 25.3 Å². The Morgan fingerprint density at radius 3 is 2.95 bits per heavy atom. The lowest BCUT2D eigenvalue weighted by Crippen LogP contribution is -2.25. The third kappa shape index (κ3) is 3.02. The number of para-hydroxylation sites is 1. The molecule has 2 rings (SSSR count). The summed E-state index contributed by atoms with van der Waals surface area (Å²) in [5.41, 5.74) is 6.79. The molecular weight excluding hydrogens is 264 g/mol. The van der Waals surface area contributed by atoms with Crippen LogP contribution < -0.4 is 15.8 Å². The fraction of sp³-hybridized carbons (Fsp3) is 0.385. The number of hydrogen-bond acceptors (Lipinski definition) is 4. The highest BCUT2D eigenvalue weighted by Gasteiger charge is 2.25. The zero-order valence-electron chi connectivity index (χ0n) is 10.6. The molecule has 5 nitrogen and oxygen atoms in total. The van der Waals surface area contributed by atoms with Crippen LogP contribution in [0.4, 0.5) is 5.69 Å². The van der Waals surface area contributed by atoms with E-state index in [-0.39, 0.29) is 16.8 Å². The number of amides is 1. The van der Waals surface area contributed by atoms with E-state index in [2.05, 4.69) is 5.32 Å². The minimum Gasteiger partial charge on any atom is -0.495 e. The Kier molecular flexibility index (Phi) is 4.34. The average Bonchev–Trinajstić information content (AvgIpc) is 2.92. The van der Waals surface area contributed by atoms with Crippen LogP contribution >= 0.6 is 12.2 Å². The Labute approximate surface area is 117 Å². The van der Waals surface area contributed by atoms with E-state index in [1.165, 1.54) is 7.11 Å². The van der Waals surface area contributed by atoms with Gasteiger partial charge in [-0.05, 0) is 18.6 Å². The average molecular weight is 280 g/mol. The highest BCUT2D eigenvalue weighted by atomic mass is 32.1. The lowest BCUT2D eigenvalue weighted by Gasteiger charge is -2.16. The third-order valence-corrected chi connectivity index (χ3v) is 3.28. The van der Waals surface area contributed by atoms with Crippen molar-refractivity contribution in [1.29, 1.82) is 0 Å². The molecule has 0 saturated carbocycles.